The second kappa shape index (κ2) is 8.10. The van der Waals surface area contributed by atoms with Crippen molar-refractivity contribution in [2.45, 2.75) is 18.4 Å². The Bertz CT molecular complexity index is 1300. The molecule has 0 saturated heterocycles. The second-order valence-corrected chi connectivity index (χ2v) is 8.47. The molecule has 1 amide bonds. The maximum absolute atomic E-state index is 12.9. The molecule has 152 valence electrons. The standard InChI is InChI=1S/C22H19N3O4S/c1-15-6-11-20(18-4-2-12-23-21(15)18)30(27,28)24-14-16-7-9-17(10-8-16)25-22(26)19-5-3-13-29-19/h2-13,24H,14H2,1H3,(H,25,26). The van der Waals surface area contributed by atoms with E-state index >= 15 is 0 Å². The molecule has 0 spiro atoms. The van der Waals surface area contributed by atoms with E-state index in [-0.39, 0.29) is 23.1 Å². The summed E-state index contributed by atoms with van der Waals surface area (Å²) in [5, 5.41) is 3.30. The third kappa shape index (κ3) is 4.10. The molecule has 4 rings (SSSR count). The van der Waals surface area contributed by atoms with Gasteiger partial charge >= 0.3 is 0 Å². The summed E-state index contributed by atoms with van der Waals surface area (Å²) >= 11 is 0. The normalized spacial score (nSPS) is 11.5. The zero-order valence-corrected chi connectivity index (χ0v) is 16.9. The number of nitrogens with zero attached hydrogens (tertiary/aromatic N) is 1. The van der Waals surface area contributed by atoms with Crippen molar-refractivity contribution in [2.24, 2.45) is 0 Å². The Hall–Kier alpha value is -3.49. The summed E-state index contributed by atoms with van der Waals surface area (Å²) in [5.41, 5.74) is 2.91. The van der Waals surface area contributed by atoms with Gasteiger partial charge in [0.05, 0.1) is 16.7 Å². The van der Waals surface area contributed by atoms with Gasteiger partial charge < -0.3 is 9.73 Å². The highest BCUT2D eigenvalue weighted by Crippen LogP contribution is 2.24. The maximum atomic E-state index is 12.9. The van der Waals surface area contributed by atoms with Gasteiger partial charge in [0.15, 0.2) is 5.76 Å². The number of rotatable bonds is 6. The van der Waals surface area contributed by atoms with Crippen LogP contribution in [0.1, 0.15) is 21.7 Å². The molecule has 2 aromatic heterocycles. The molecule has 2 heterocycles. The number of carbonyl (C=O) groups excluding carboxylic acids is 1. The Morgan fingerprint density at radius 2 is 1.83 bits per heavy atom. The molecule has 0 aliphatic rings. The number of hydrogen-bond donors (Lipinski definition) is 2. The number of benzene rings is 2. The van der Waals surface area contributed by atoms with Crippen LogP contribution in [-0.4, -0.2) is 19.3 Å². The van der Waals surface area contributed by atoms with E-state index in [4.69, 9.17) is 4.42 Å². The first-order valence-corrected chi connectivity index (χ1v) is 10.7. The molecule has 7 nitrogen and oxygen atoms in total. The number of carbonyl (C=O) groups is 1. The molecule has 4 aromatic rings. The monoisotopic (exact) mass is 421 g/mol. The van der Waals surface area contributed by atoms with E-state index in [1.807, 2.05) is 6.92 Å². The molecule has 0 saturated carbocycles. The SMILES string of the molecule is Cc1ccc(S(=O)(=O)NCc2ccc(NC(=O)c3ccco3)cc2)c2cccnc12. The molecule has 2 aromatic carbocycles. The van der Waals surface area contributed by atoms with Gasteiger partial charge in [0.25, 0.3) is 5.91 Å². The van der Waals surface area contributed by atoms with Crippen LogP contribution in [0.2, 0.25) is 0 Å². The van der Waals surface area contributed by atoms with Gasteiger partial charge in [0, 0.05) is 23.8 Å². The number of amides is 1. The van der Waals surface area contributed by atoms with E-state index in [0.717, 1.165) is 11.1 Å². The molecule has 2 N–H and O–H groups in total. The smallest absolute Gasteiger partial charge is 0.291 e. The number of fused-ring (bicyclic) bond motifs is 1. The topological polar surface area (TPSA) is 101 Å². The summed E-state index contributed by atoms with van der Waals surface area (Å²) in [4.78, 5) is 16.5. The number of nitrogens with one attached hydrogen (secondary N) is 2. The molecule has 30 heavy (non-hydrogen) atoms. The van der Waals surface area contributed by atoms with Crippen LogP contribution in [0.4, 0.5) is 5.69 Å². The molecular formula is C22H19N3O4S. The number of furan rings is 1. The summed E-state index contributed by atoms with van der Waals surface area (Å²) in [7, 11) is -3.73. The Morgan fingerprint density at radius 3 is 2.57 bits per heavy atom. The highest BCUT2D eigenvalue weighted by molar-refractivity contribution is 7.89. The average molecular weight is 421 g/mol. The van der Waals surface area contributed by atoms with Gasteiger partial charge in [-0.3, -0.25) is 9.78 Å². The van der Waals surface area contributed by atoms with Crippen molar-refractivity contribution < 1.29 is 17.6 Å². The fourth-order valence-electron chi connectivity index (χ4n) is 3.08. The molecule has 0 unspecified atom stereocenters. The molecule has 0 bridgehead atoms. The number of aryl methyl sites for hydroxylation is 1. The first-order valence-electron chi connectivity index (χ1n) is 9.22. The van der Waals surface area contributed by atoms with E-state index in [0.29, 0.717) is 16.6 Å². The van der Waals surface area contributed by atoms with Crippen molar-refractivity contribution >= 4 is 32.5 Å². The highest BCUT2D eigenvalue weighted by Gasteiger charge is 2.18. The van der Waals surface area contributed by atoms with Crippen LogP contribution in [0.5, 0.6) is 0 Å². The van der Waals surface area contributed by atoms with Crippen molar-refractivity contribution in [1.29, 1.82) is 0 Å². The van der Waals surface area contributed by atoms with Gasteiger partial charge in [-0.15, -0.1) is 0 Å². The lowest BCUT2D eigenvalue weighted by Gasteiger charge is -2.11. The Kier molecular flexibility index (Phi) is 5.35. The Labute approximate surface area is 173 Å². The first-order chi connectivity index (χ1) is 14.4. The van der Waals surface area contributed by atoms with Crippen LogP contribution in [0, 0.1) is 6.92 Å². The molecule has 0 fully saturated rings. The zero-order valence-electron chi connectivity index (χ0n) is 16.1. The molecule has 0 atom stereocenters. The maximum Gasteiger partial charge on any atom is 0.291 e. The van der Waals surface area contributed by atoms with Crippen LogP contribution in [0.3, 0.4) is 0 Å². The van der Waals surface area contributed by atoms with E-state index < -0.39 is 10.0 Å². The van der Waals surface area contributed by atoms with E-state index in [1.54, 1.807) is 66.9 Å². The molecule has 8 heteroatoms. The molecule has 0 aliphatic heterocycles. The molecular weight excluding hydrogens is 402 g/mol. The predicted molar refractivity (Wildman–Crippen MR) is 114 cm³/mol. The van der Waals surface area contributed by atoms with Crippen molar-refractivity contribution in [3.8, 4) is 0 Å². The van der Waals surface area contributed by atoms with Crippen LogP contribution >= 0.6 is 0 Å². The second-order valence-electron chi connectivity index (χ2n) is 6.73. The van der Waals surface area contributed by atoms with Crippen LogP contribution in [0.25, 0.3) is 10.9 Å². The highest BCUT2D eigenvalue weighted by atomic mass is 32.2. The van der Waals surface area contributed by atoms with Crippen molar-refractivity contribution in [1.82, 2.24) is 9.71 Å². The van der Waals surface area contributed by atoms with E-state index in [2.05, 4.69) is 15.0 Å². The van der Waals surface area contributed by atoms with E-state index in [9.17, 15) is 13.2 Å². The fraction of sp³-hybridized carbons (Fsp3) is 0.0909. The summed E-state index contributed by atoms with van der Waals surface area (Å²) in [6.07, 6.45) is 3.07. The third-order valence-corrected chi connectivity index (χ3v) is 6.10. The summed E-state index contributed by atoms with van der Waals surface area (Å²) in [6, 6.07) is 16.9. The minimum absolute atomic E-state index is 0.115. The zero-order chi connectivity index (χ0) is 21.1. The lowest BCUT2D eigenvalue weighted by Crippen LogP contribution is -2.23. The van der Waals surface area contributed by atoms with Crippen molar-refractivity contribution in [2.75, 3.05) is 5.32 Å². The van der Waals surface area contributed by atoms with Gasteiger partial charge in [0.2, 0.25) is 10.0 Å². The quantitative estimate of drug-likeness (QED) is 0.492. The largest absolute Gasteiger partial charge is 0.459 e. The van der Waals surface area contributed by atoms with Crippen LogP contribution < -0.4 is 10.0 Å². The van der Waals surface area contributed by atoms with Crippen molar-refractivity contribution in [3.63, 3.8) is 0 Å². The summed E-state index contributed by atoms with van der Waals surface area (Å²) < 4.78 is 33.4. The Balaban J connectivity index is 1.47. The Morgan fingerprint density at radius 1 is 1.03 bits per heavy atom. The predicted octanol–water partition coefficient (Wildman–Crippen LogP) is 3.87. The number of sulfonamides is 1. The molecule has 0 radical (unpaired) electrons. The van der Waals surface area contributed by atoms with Gasteiger partial charge in [-0.05, 0) is 60.5 Å². The lowest BCUT2D eigenvalue weighted by atomic mass is 10.1. The summed E-state index contributed by atoms with van der Waals surface area (Å²) in [5.74, 6) is -0.139. The average Bonchev–Trinajstić information content (AvgIpc) is 3.29. The van der Waals surface area contributed by atoms with Crippen LogP contribution in [0.15, 0.2) is 82.4 Å². The molecule has 0 aliphatic carbocycles. The minimum atomic E-state index is -3.73. The van der Waals surface area contributed by atoms with Crippen molar-refractivity contribution in [3.05, 3.63) is 90.0 Å². The van der Waals surface area contributed by atoms with Gasteiger partial charge in [-0.25, -0.2) is 13.1 Å². The lowest BCUT2D eigenvalue weighted by molar-refractivity contribution is 0.0996. The van der Waals surface area contributed by atoms with Gasteiger partial charge in [-0.1, -0.05) is 18.2 Å². The number of aromatic nitrogens is 1. The number of hydrogen-bond acceptors (Lipinski definition) is 5. The minimum Gasteiger partial charge on any atom is -0.459 e. The van der Waals surface area contributed by atoms with Gasteiger partial charge in [-0.2, -0.15) is 0 Å². The first kappa shape index (κ1) is 19.8. The summed E-state index contributed by atoms with van der Waals surface area (Å²) in [6.45, 7) is 2.01. The number of anilines is 1. The van der Waals surface area contributed by atoms with Crippen LogP contribution in [-0.2, 0) is 16.6 Å². The van der Waals surface area contributed by atoms with Gasteiger partial charge in [0.1, 0.15) is 0 Å². The third-order valence-electron chi connectivity index (χ3n) is 4.64. The van der Waals surface area contributed by atoms with E-state index in [1.165, 1.54) is 6.26 Å². The fourth-order valence-corrected chi connectivity index (χ4v) is 4.30. The number of pyridine rings is 1.